The Kier molecular flexibility index (Phi) is 64.5. The molecule has 0 spiro atoms. The Hall–Kier alpha value is -1.59. The van der Waals surface area contributed by atoms with Gasteiger partial charge in [0.25, 0.3) is 0 Å². The number of nitrogens with one attached hydrogen (secondary N) is 1. The molecule has 514 valence electrons. The van der Waals surface area contributed by atoms with Gasteiger partial charge in [-0.05, 0) is 51.4 Å². The molecule has 1 saturated heterocycles. The minimum Gasteiger partial charge on any atom is -0.394 e. The van der Waals surface area contributed by atoms with Gasteiger partial charge in [0.05, 0.1) is 25.4 Å². The second kappa shape index (κ2) is 67.3. The summed E-state index contributed by atoms with van der Waals surface area (Å²) in [6.07, 6.45) is 84.3. The Labute approximate surface area is 540 Å². The average Bonchev–Trinajstić information content (AvgIpc) is 3.38. The van der Waals surface area contributed by atoms with Gasteiger partial charge in [-0.2, -0.15) is 0 Å². The van der Waals surface area contributed by atoms with Crippen molar-refractivity contribution in [3.05, 3.63) is 36.5 Å². The molecule has 0 radical (unpaired) electrons. The Morgan fingerprint density at radius 3 is 0.989 bits per heavy atom. The van der Waals surface area contributed by atoms with Gasteiger partial charge in [-0.3, -0.25) is 4.79 Å². The number of unbranched alkanes of at least 4 members (excludes halogenated alkanes) is 55. The van der Waals surface area contributed by atoms with Crippen LogP contribution in [0.2, 0.25) is 0 Å². The van der Waals surface area contributed by atoms with Crippen LogP contribution in [0.15, 0.2) is 36.5 Å². The molecule has 0 bridgehead atoms. The largest absolute Gasteiger partial charge is 0.394 e. The molecule has 0 aromatic carbocycles. The number of aliphatic hydroxyl groups is 5. The third-order valence-corrected chi connectivity index (χ3v) is 18.7. The molecule has 1 rings (SSSR count). The van der Waals surface area contributed by atoms with Crippen LogP contribution in [0.1, 0.15) is 399 Å². The lowest BCUT2D eigenvalue weighted by molar-refractivity contribution is -0.302. The SMILES string of the molecule is CCCCCCC/C=C\C/C=C\CCCCCCCCCCCCCCCCCCCCCCCCCCCCCC(=O)NC(COC1OC(CO)C(O)C(O)C1O)C(O)/C=C/CCCCCCCCCCCCCCCCCCCCCCCCC. The van der Waals surface area contributed by atoms with Crippen molar-refractivity contribution in [1.82, 2.24) is 5.32 Å². The average molecular weight is 1230 g/mol. The summed E-state index contributed by atoms with van der Waals surface area (Å²) in [7, 11) is 0. The summed E-state index contributed by atoms with van der Waals surface area (Å²) in [5.74, 6) is -0.167. The Balaban J connectivity index is 2.05. The van der Waals surface area contributed by atoms with Crippen LogP contribution in [-0.4, -0.2) is 87.5 Å². The number of allylic oxidation sites excluding steroid dienone is 5. The molecule has 9 heteroatoms. The van der Waals surface area contributed by atoms with Crippen LogP contribution in [0.4, 0.5) is 0 Å². The summed E-state index contributed by atoms with van der Waals surface area (Å²) in [6.45, 7) is 3.83. The molecule has 1 fully saturated rings. The van der Waals surface area contributed by atoms with Crippen LogP contribution in [-0.2, 0) is 14.3 Å². The fourth-order valence-electron chi connectivity index (χ4n) is 12.7. The first-order valence-electron chi connectivity index (χ1n) is 38.7. The van der Waals surface area contributed by atoms with Crippen LogP contribution in [0.25, 0.3) is 0 Å². The standard InChI is InChI=1S/C78H149NO8/c1-3-5-7-9-11-13-15-17-19-21-23-25-27-29-30-31-32-33-34-35-36-37-38-39-40-41-42-44-46-48-50-52-54-56-58-60-62-64-66-68-74(82)79-71(70-86-78-77(85)76(84)75(83)73(69-80)87-78)72(81)67-65-63-61-59-57-55-53-51-49-47-45-43-28-26-24-22-20-18-16-14-12-10-8-6-4-2/h15,17,21,23,65,67,71-73,75-78,80-81,83-85H,3-14,16,18-20,22,24-64,66,68-70H2,1-2H3,(H,79,82)/b17-15-,23-21-,67-65+. The van der Waals surface area contributed by atoms with E-state index in [2.05, 4.69) is 43.5 Å². The first-order chi connectivity index (χ1) is 42.8. The highest BCUT2D eigenvalue weighted by Gasteiger charge is 2.44. The van der Waals surface area contributed by atoms with E-state index in [1.165, 1.54) is 334 Å². The molecule has 7 unspecified atom stereocenters. The molecule has 1 aliphatic heterocycles. The molecule has 6 N–H and O–H groups in total. The summed E-state index contributed by atoms with van der Waals surface area (Å²) in [6, 6.07) is -0.804. The van der Waals surface area contributed by atoms with Crippen molar-refractivity contribution in [2.75, 3.05) is 13.2 Å². The van der Waals surface area contributed by atoms with Gasteiger partial charge in [0, 0.05) is 6.42 Å². The highest BCUT2D eigenvalue weighted by Crippen LogP contribution is 2.24. The van der Waals surface area contributed by atoms with E-state index in [0.717, 1.165) is 44.9 Å². The zero-order valence-corrected chi connectivity index (χ0v) is 57.8. The Morgan fingerprint density at radius 1 is 0.391 bits per heavy atom. The fourth-order valence-corrected chi connectivity index (χ4v) is 12.7. The third kappa shape index (κ3) is 55.7. The molecule has 7 atom stereocenters. The van der Waals surface area contributed by atoms with Crippen LogP contribution in [0, 0.1) is 0 Å². The molecule has 0 aliphatic carbocycles. The maximum Gasteiger partial charge on any atom is 0.220 e. The quantitative estimate of drug-likeness (QED) is 0.0261. The molecule has 0 aromatic rings. The fraction of sp³-hybridized carbons (Fsp3) is 0.910. The van der Waals surface area contributed by atoms with Gasteiger partial charge in [0.15, 0.2) is 6.29 Å². The van der Waals surface area contributed by atoms with E-state index >= 15 is 0 Å². The number of carbonyl (C=O) groups is 1. The second-order valence-corrected chi connectivity index (χ2v) is 27.2. The normalized spacial score (nSPS) is 18.1. The highest BCUT2D eigenvalue weighted by molar-refractivity contribution is 5.76. The van der Waals surface area contributed by atoms with Crippen LogP contribution in [0.5, 0.6) is 0 Å². The molecule has 9 nitrogen and oxygen atoms in total. The summed E-state index contributed by atoms with van der Waals surface area (Å²) in [5, 5.41) is 54.9. The van der Waals surface area contributed by atoms with E-state index in [4.69, 9.17) is 9.47 Å². The maximum absolute atomic E-state index is 13.2. The number of carbonyl (C=O) groups excluding carboxylic acids is 1. The summed E-state index contributed by atoms with van der Waals surface area (Å²) in [4.78, 5) is 13.2. The third-order valence-electron chi connectivity index (χ3n) is 18.7. The van der Waals surface area contributed by atoms with Gasteiger partial charge in [0.1, 0.15) is 24.4 Å². The van der Waals surface area contributed by atoms with Gasteiger partial charge in [-0.1, -0.05) is 378 Å². The summed E-state index contributed by atoms with van der Waals surface area (Å²) >= 11 is 0. The maximum atomic E-state index is 13.2. The van der Waals surface area contributed by atoms with Crippen molar-refractivity contribution in [3.63, 3.8) is 0 Å². The molecule has 1 aliphatic rings. The van der Waals surface area contributed by atoms with E-state index in [1.54, 1.807) is 6.08 Å². The first kappa shape index (κ1) is 83.4. The summed E-state index contributed by atoms with van der Waals surface area (Å²) < 4.78 is 11.3. The first-order valence-corrected chi connectivity index (χ1v) is 38.7. The number of amides is 1. The smallest absolute Gasteiger partial charge is 0.220 e. The number of rotatable bonds is 69. The number of hydrogen-bond acceptors (Lipinski definition) is 8. The van der Waals surface area contributed by atoms with Crippen molar-refractivity contribution in [2.24, 2.45) is 0 Å². The van der Waals surface area contributed by atoms with Crippen molar-refractivity contribution < 1.29 is 39.8 Å². The molecular formula is C78H149NO8. The van der Waals surface area contributed by atoms with E-state index in [-0.39, 0.29) is 12.5 Å². The van der Waals surface area contributed by atoms with E-state index < -0.39 is 49.5 Å². The molecular weight excluding hydrogens is 1080 g/mol. The number of ether oxygens (including phenoxy) is 2. The molecule has 1 heterocycles. The zero-order chi connectivity index (χ0) is 62.8. The number of hydrogen-bond donors (Lipinski definition) is 6. The lowest BCUT2D eigenvalue weighted by atomic mass is 9.99. The van der Waals surface area contributed by atoms with Gasteiger partial charge in [-0.25, -0.2) is 0 Å². The lowest BCUT2D eigenvalue weighted by Crippen LogP contribution is -2.60. The van der Waals surface area contributed by atoms with E-state index in [9.17, 15) is 30.3 Å². The molecule has 1 amide bonds. The predicted molar refractivity (Wildman–Crippen MR) is 373 cm³/mol. The highest BCUT2D eigenvalue weighted by atomic mass is 16.7. The number of aliphatic hydroxyl groups excluding tert-OH is 5. The minimum atomic E-state index is -1.57. The Morgan fingerprint density at radius 2 is 0.678 bits per heavy atom. The molecule has 0 aromatic heterocycles. The van der Waals surface area contributed by atoms with Crippen molar-refractivity contribution in [2.45, 2.75) is 442 Å². The van der Waals surface area contributed by atoms with Crippen molar-refractivity contribution in [1.29, 1.82) is 0 Å². The van der Waals surface area contributed by atoms with Gasteiger partial charge in [-0.15, -0.1) is 0 Å². The van der Waals surface area contributed by atoms with Crippen molar-refractivity contribution in [3.8, 4) is 0 Å². The van der Waals surface area contributed by atoms with Gasteiger partial charge in [0.2, 0.25) is 5.91 Å². The van der Waals surface area contributed by atoms with E-state index in [0.29, 0.717) is 6.42 Å². The monoisotopic (exact) mass is 1230 g/mol. The van der Waals surface area contributed by atoms with Crippen LogP contribution in [0.3, 0.4) is 0 Å². The second-order valence-electron chi connectivity index (χ2n) is 27.2. The van der Waals surface area contributed by atoms with Gasteiger partial charge >= 0.3 is 0 Å². The lowest BCUT2D eigenvalue weighted by Gasteiger charge is -2.40. The van der Waals surface area contributed by atoms with Gasteiger partial charge < -0.3 is 40.3 Å². The summed E-state index contributed by atoms with van der Waals surface area (Å²) in [5.41, 5.74) is 0. The van der Waals surface area contributed by atoms with Crippen LogP contribution >= 0.6 is 0 Å². The zero-order valence-electron chi connectivity index (χ0n) is 57.8. The minimum absolute atomic E-state index is 0.167. The molecule has 87 heavy (non-hydrogen) atoms. The van der Waals surface area contributed by atoms with Crippen LogP contribution < -0.4 is 5.32 Å². The predicted octanol–water partition coefficient (Wildman–Crippen LogP) is 21.8. The van der Waals surface area contributed by atoms with E-state index in [1.807, 2.05) is 6.08 Å². The Bertz CT molecular complexity index is 1470. The molecule has 0 saturated carbocycles. The van der Waals surface area contributed by atoms with Crippen molar-refractivity contribution >= 4 is 5.91 Å². The topological polar surface area (TPSA) is 149 Å².